The van der Waals surface area contributed by atoms with E-state index in [0.29, 0.717) is 27.7 Å². The summed E-state index contributed by atoms with van der Waals surface area (Å²) in [7, 11) is 0. The summed E-state index contributed by atoms with van der Waals surface area (Å²) in [6.07, 6.45) is 0. The molecule has 20 heavy (non-hydrogen) atoms. The Kier molecular flexibility index (Phi) is 4.15. The van der Waals surface area contributed by atoms with E-state index in [9.17, 15) is 9.59 Å². The van der Waals surface area contributed by atoms with Gasteiger partial charge in [0, 0.05) is 10.6 Å². The number of halogens is 1. The molecule has 2 aromatic heterocycles. The van der Waals surface area contributed by atoms with Crippen LogP contribution in [-0.4, -0.2) is 22.0 Å². The Labute approximate surface area is 124 Å². The van der Waals surface area contributed by atoms with Gasteiger partial charge in [0.25, 0.3) is 5.91 Å². The minimum Gasteiger partial charge on any atom is -0.477 e. The van der Waals surface area contributed by atoms with Crippen molar-refractivity contribution in [3.8, 4) is 0 Å². The van der Waals surface area contributed by atoms with Crippen LogP contribution in [0, 0.1) is 13.8 Å². The second kappa shape index (κ2) is 5.68. The first-order valence-corrected chi connectivity index (χ1v) is 7.04. The number of H-pyrrole nitrogens is 1. The molecule has 0 radical (unpaired) electrons. The van der Waals surface area contributed by atoms with E-state index in [4.69, 9.17) is 16.7 Å². The molecule has 0 aliphatic carbocycles. The molecular formula is C13H13ClN2O3S. The zero-order chi connectivity index (χ0) is 14.9. The second-order valence-corrected chi connectivity index (χ2v) is 6.12. The molecule has 0 bridgehead atoms. The molecule has 1 amide bonds. The zero-order valence-corrected chi connectivity index (χ0v) is 12.5. The lowest BCUT2D eigenvalue weighted by atomic mass is 10.1. The number of carboxylic acid groups (broad SMARTS) is 1. The number of carboxylic acids is 1. The van der Waals surface area contributed by atoms with E-state index < -0.39 is 5.97 Å². The van der Waals surface area contributed by atoms with Gasteiger partial charge >= 0.3 is 5.97 Å². The van der Waals surface area contributed by atoms with E-state index in [1.807, 2.05) is 6.07 Å². The van der Waals surface area contributed by atoms with Crippen molar-refractivity contribution < 1.29 is 14.7 Å². The number of amides is 1. The van der Waals surface area contributed by atoms with Crippen LogP contribution in [0.2, 0.25) is 4.34 Å². The lowest BCUT2D eigenvalue weighted by Gasteiger charge is -2.04. The SMILES string of the molecule is Cc1[nH]c(C(=O)O)c(C)c1C(=O)NCc1ccc(Cl)s1. The number of hydrogen-bond acceptors (Lipinski definition) is 3. The summed E-state index contributed by atoms with van der Waals surface area (Å²) < 4.78 is 0.663. The third-order valence-electron chi connectivity index (χ3n) is 2.93. The van der Waals surface area contributed by atoms with Gasteiger partial charge in [0.1, 0.15) is 5.69 Å². The summed E-state index contributed by atoms with van der Waals surface area (Å²) in [5.74, 6) is -1.37. The number of carbonyl (C=O) groups is 2. The summed E-state index contributed by atoms with van der Waals surface area (Å²) in [4.78, 5) is 26.8. The van der Waals surface area contributed by atoms with E-state index >= 15 is 0 Å². The quantitative estimate of drug-likeness (QED) is 0.811. The Morgan fingerprint density at radius 1 is 1.40 bits per heavy atom. The number of aromatic nitrogens is 1. The Balaban J connectivity index is 2.15. The first kappa shape index (κ1) is 14.6. The minimum absolute atomic E-state index is 0.0480. The van der Waals surface area contributed by atoms with Gasteiger partial charge in [-0.1, -0.05) is 11.6 Å². The number of nitrogens with one attached hydrogen (secondary N) is 2. The number of aromatic carboxylic acids is 1. The maximum Gasteiger partial charge on any atom is 0.352 e. The normalized spacial score (nSPS) is 10.6. The van der Waals surface area contributed by atoms with Crippen molar-refractivity contribution in [2.24, 2.45) is 0 Å². The maximum atomic E-state index is 12.1. The highest BCUT2D eigenvalue weighted by Gasteiger charge is 2.21. The average molecular weight is 313 g/mol. The van der Waals surface area contributed by atoms with Crippen LogP contribution < -0.4 is 5.32 Å². The van der Waals surface area contributed by atoms with Crippen molar-refractivity contribution in [2.45, 2.75) is 20.4 Å². The molecule has 5 nitrogen and oxygen atoms in total. The highest BCUT2D eigenvalue weighted by molar-refractivity contribution is 7.16. The lowest BCUT2D eigenvalue weighted by molar-refractivity contribution is 0.0690. The summed E-state index contributed by atoms with van der Waals surface area (Å²) in [6, 6.07) is 3.61. The third kappa shape index (κ3) is 2.86. The number of rotatable bonds is 4. The summed E-state index contributed by atoms with van der Waals surface area (Å²) >= 11 is 7.21. The molecule has 0 spiro atoms. The van der Waals surface area contributed by atoms with Gasteiger partial charge in [-0.25, -0.2) is 4.79 Å². The van der Waals surface area contributed by atoms with E-state index in [2.05, 4.69) is 10.3 Å². The van der Waals surface area contributed by atoms with E-state index in [1.165, 1.54) is 11.3 Å². The van der Waals surface area contributed by atoms with Crippen LogP contribution in [0.15, 0.2) is 12.1 Å². The van der Waals surface area contributed by atoms with Crippen LogP contribution >= 0.6 is 22.9 Å². The number of aryl methyl sites for hydroxylation is 1. The van der Waals surface area contributed by atoms with Crippen LogP contribution in [0.5, 0.6) is 0 Å². The number of hydrogen-bond donors (Lipinski definition) is 3. The molecule has 106 valence electrons. The topological polar surface area (TPSA) is 82.2 Å². The Hall–Kier alpha value is -1.79. The number of carbonyl (C=O) groups excluding carboxylic acids is 1. The van der Waals surface area contributed by atoms with Gasteiger partial charge in [0.05, 0.1) is 16.4 Å². The molecule has 7 heteroatoms. The summed E-state index contributed by atoms with van der Waals surface area (Å²) in [6.45, 7) is 3.66. The van der Waals surface area contributed by atoms with Crippen molar-refractivity contribution in [1.29, 1.82) is 0 Å². The Bertz CT molecular complexity index is 675. The summed E-state index contributed by atoms with van der Waals surface area (Å²) in [5.41, 5.74) is 1.41. The molecule has 0 aliphatic rings. The smallest absolute Gasteiger partial charge is 0.352 e. The molecule has 2 heterocycles. The van der Waals surface area contributed by atoms with E-state index in [0.717, 1.165) is 4.88 Å². The molecular weight excluding hydrogens is 300 g/mol. The molecule has 0 saturated carbocycles. The highest BCUT2D eigenvalue weighted by atomic mass is 35.5. The third-order valence-corrected chi connectivity index (χ3v) is 4.16. The minimum atomic E-state index is -1.07. The molecule has 0 fully saturated rings. The lowest BCUT2D eigenvalue weighted by Crippen LogP contribution is -2.23. The van der Waals surface area contributed by atoms with Gasteiger partial charge in [-0.3, -0.25) is 4.79 Å². The first-order chi connectivity index (χ1) is 9.40. The standard InChI is InChI=1S/C13H13ClN2O3S/c1-6-10(7(2)16-11(6)13(18)19)12(17)15-5-8-3-4-9(14)20-8/h3-4,16H,5H2,1-2H3,(H,15,17)(H,18,19). The van der Waals surface area contributed by atoms with Gasteiger partial charge in [-0.15, -0.1) is 11.3 Å². The molecule has 0 aliphatic heterocycles. The predicted octanol–water partition coefficient (Wildman–Crippen LogP) is 2.97. The fourth-order valence-electron chi connectivity index (χ4n) is 2.01. The number of aromatic amines is 1. The molecule has 0 saturated heterocycles. The molecule has 0 unspecified atom stereocenters. The van der Waals surface area contributed by atoms with Crippen molar-refractivity contribution in [1.82, 2.24) is 10.3 Å². The van der Waals surface area contributed by atoms with Crippen molar-refractivity contribution in [2.75, 3.05) is 0 Å². The van der Waals surface area contributed by atoms with Crippen LogP contribution in [-0.2, 0) is 6.54 Å². The van der Waals surface area contributed by atoms with Gasteiger partial charge in [-0.05, 0) is 31.5 Å². The van der Waals surface area contributed by atoms with Crippen LogP contribution in [0.3, 0.4) is 0 Å². The molecule has 2 aromatic rings. The zero-order valence-electron chi connectivity index (χ0n) is 10.9. The molecule has 0 atom stereocenters. The van der Waals surface area contributed by atoms with Gasteiger partial charge < -0.3 is 15.4 Å². The van der Waals surface area contributed by atoms with Crippen LogP contribution in [0.1, 0.15) is 37.0 Å². The van der Waals surface area contributed by atoms with E-state index in [1.54, 1.807) is 19.9 Å². The van der Waals surface area contributed by atoms with Crippen molar-refractivity contribution in [3.63, 3.8) is 0 Å². The van der Waals surface area contributed by atoms with Crippen LogP contribution in [0.25, 0.3) is 0 Å². The van der Waals surface area contributed by atoms with E-state index in [-0.39, 0.29) is 11.6 Å². The molecule has 2 rings (SSSR count). The second-order valence-electron chi connectivity index (χ2n) is 4.32. The van der Waals surface area contributed by atoms with Crippen molar-refractivity contribution in [3.05, 3.63) is 43.9 Å². The Morgan fingerprint density at radius 3 is 2.60 bits per heavy atom. The van der Waals surface area contributed by atoms with Gasteiger partial charge in [-0.2, -0.15) is 0 Å². The highest BCUT2D eigenvalue weighted by Crippen LogP contribution is 2.22. The van der Waals surface area contributed by atoms with Crippen LogP contribution in [0.4, 0.5) is 0 Å². The fourth-order valence-corrected chi connectivity index (χ4v) is 3.03. The molecule has 0 aromatic carbocycles. The summed E-state index contributed by atoms with van der Waals surface area (Å²) in [5, 5.41) is 11.8. The van der Waals surface area contributed by atoms with Gasteiger partial charge in [0.15, 0.2) is 0 Å². The maximum absolute atomic E-state index is 12.1. The predicted molar refractivity (Wildman–Crippen MR) is 77.7 cm³/mol. The van der Waals surface area contributed by atoms with Gasteiger partial charge in [0.2, 0.25) is 0 Å². The molecule has 3 N–H and O–H groups in total. The first-order valence-electron chi connectivity index (χ1n) is 5.85. The Morgan fingerprint density at radius 2 is 2.10 bits per heavy atom. The van der Waals surface area contributed by atoms with Crippen molar-refractivity contribution >= 4 is 34.8 Å². The largest absolute Gasteiger partial charge is 0.477 e. The monoisotopic (exact) mass is 312 g/mol. The average Bonchev–Trinajstić information content (AvgIpc) is 2.91. The number of thiophene rings is 1. The fraction of sp³-hybridized carbons (Fsp3) is 0.231.